The van der Waals surface area contributed by atoms with Gasteiger partial charge in [0.15, 0.2) is 31.5 Å². The van der Waals surface area contributed by atoms with Crippen LogP contribution in [0.3, 0.4) is 0 Å². The van der Waals surface area contributed by atoms with E-state index >= 15 is 0 Å². The molecule has 4 saturated carbocycles. The SMILES string of the molecule is COC(=O)[C@H](CSC1CC(=O)/C(=C/C(C)C)[C@@H]1O[Si](C)(C)C(C)(C)C)NC(=O)OC(C)(C)C.COc1ccc(C=C2C(=O)CC(C)C2OC(=O)CCC(=O)O)cc1.COc1ccc(C=C2C(=O)CC(C)C2O[Si](C)(c2ccccc2)c2ccccc2)c(C)c1.COc1ccc(C=C2C(=O)CC(C)C2O[Si](c2ccccc2)(c2ccccc2)C(C)(C)C)c(C)c1. The van der Waals surface area contributed by atoms with E-state index in [2.05, 4.69) is 196 Å². The van der Waals surface area contributed by atoms with Crippen LogP contribution in [0, 0.1) is 37.5 Å². The van der Waals surface area contributed by atoms with Gasteiger partial charge in [0.25, 0.3) is 16.6 Å². The number of Topliss-reactive ketones (excluding diaryl/α,β-unsaturated/α-hetero) is 4. The number of carbonyl (C=O) groups is 8. The Morgan fingerprint density at radius 1 is 0.492 bits per heavy atom. The van der Waals surface area contributed by atoms with Gasteiger partial charge in [-0.1, -0.05) is 228 Å². The largest absolute Gasteiger partial charge is 0.497 e. The first-order chi connectivity index (χ1) is 58.4. The standard InChI is InChI=1S/C31H36O3Si.C28H30O3Si.C24H43NO6SSi.C18H20O6/c1-22-19-25(33-6)18-17-24(22)21-28-29(32)20-23(2)30(28)34-35(31(3,4)5,26-13-9-7-10-14-26)27-15-11-8-12-16-27;1-20-17-23(30-3)16-15-22(20)19-26-27(29)18-21(2)28(26)31-32(4,24-11-7-5-8-12-24)25-13-9-6-10-14-25;1-15(2)12-16-18(26)13-19(20(16)31-33(10,11)24(6,7)8)32-14-17(21(27)29-9)25-22(28)30-23(3,4)5;1-11-9-15(19)14(10-12-3-5-13(23-2)6-4-12)18(11)24-17(22)8-7-16(20)21/h7-19,21,23,30H,20H2,1-6H3;5-17,19,21,28H,18H2,1-4H3;12,15,17,19-20H,13-14H2,1-11H3,(H,25,28);3-6,10-11,18H,7-9H2,1-2H3,(H,20,21)/b;;16-12-;/t;;17-,19?,20-;/m..0./s1. The van der Waals surface area contributed by atoms with Crippen LogP contribution in [0.5, 0.6) is 17.2 Å². The van der Waals surface area contributed by atoms with Gasteiger partial charge < -0.3 is 52.1 Å². The zero-order valence-electron chi connectivity index (χ0n) is 76.6. The molecule has 2 N–H and O–H groups in total. The number of nitrogens with one attached hydrogen (secondary N) is 1. The number of aliphatic carboxylic acids is 1. The monoisotopic (exact) mass is 1760 g/mol. The molecule has 9 atom stereocenters. The van der Waals surface area contributed by atoms with Crippen LogP contribution < -0.4 is 40.3 Å². The number of thioether (sulfide) groups is 1. The summed E-state index contributed by atoms with van der Waals surface area (Å²) in [5, 5.41) is 15.8. The Morgan fingerprint density at radius 2 is 0.903 bits per heavy atom. The summed E-state index contributed by atoms with van der Waals surface area (Å²) in [5.74, 6) is 1.06. The van der Waals surface area contributed by atoms with E-state index in [4.69, 9.17) is 46.8 Å². The molecule has 0 bridgehead atoms. The maximum absolute atomic E-state index is 13.3. The van der Waals surface area contributed by atoms with Crippen LogP contribution in [0.4, 0.5) is 4.79 Å². The number of carboxylic acids is 1. The molecular formula is C101H129NO18SSi3. The van der Waals surface area contributed by atoms with Crippen LogP contribution in [-0.4, -0.2) is 153 Å². The smallest absolute Gasteiger partial charge is 0.408 e. The second-order valence-corrected chi connectivity index (χ2v) is 50.3. The van der Waals surface area contributed by atoms with Crippen molar-refractivity contribution in [2.45, 2.75) is 220 Å². The van der Waals surface area contributed by atoms with Crippen molar-refractivity contribution in [1.82, 2.24) is 5.32 Å². The van der Waals surface area contributed by atoms with Crippen LogP contribution in [-0.2, 0) is 61.1 Å². The molecule has 664 valence electrons. The maximum atomic E-state index is 13.3. The number of aryl methyl sites for hydroxylation is 2. The lowest BCUT2D eigenvalue weighted by Crippen LogP contribution is -2.68. The normalized spacial score (nSPS) is 20.8. The average Bonchev–Trinajstić information content (AvgIpc) is 1.37. The van der Waals surface area contributed by atoms with Gasteiger partial charge in [0.1, 0.15) is 35.0 Å². The number of methoxy groups -OCH3 is 4. The van der Waals surface area contributed by atoms with Crippen LogP contribution >= 0.6 is 11.8 Å². The molecule has 0 heterocycles. The maximum Gasteiger partial charge on any atom is 0.408 e. The minimum absolute atomic E-state index is 0.0103. The Bertz CT molecular complexity index is 4890. The third-order valence-corrected chi connectivity index (χ3v) is 37.7. The molecule has 4 aliphatic rings. The zero-order valence-corrected chi connectivity index (χ0v) is 80.5. The molecule has 0 radical (unpaired) electrons. The number of rotatable bonds is 26. The molecule has 124 heavy (non-hydrogen) atoms. The molecule has 19 nitrogen and oxygen atoms in total. The van der Waals surface area contributed by atoms with E-state index < -0.39 is 66.7 Å². The Labute approximate surface area is 742 Å². The van der Waals surface area contributed by atoms with Crippen molar-refractivity contribution >= 4 is 123 Å². The number of ether oxygens (including phenoxy) is 6. The minimum atomic E-state index is -2.79. The first-order valence-electron chi connectivity index (χ1n) is 42.7. The highest BCUT2D eigenvalue weighted by molar-refractivity contribution is 8.00. The number of esters is 2. The fourth-order valence-corrected chi connectivity index (χ4v) is 26.1. The molecule has 0 saturated heterocycles. The highest BCUT2D eigenvalue weighted by Crippen LogP contribution is 2.46. The van der Waals surface area contributed by atoms with Crippen molar-refractivity contribution in [3.63, 3.8) is 0 Å². The lowest BCUT2D eigenvalue weighted by molar-refractivity contribution is -0.151. The third kappa shape index (κ3) is 26.2. The van der Waals surface area contributed by atoms with Crippen LogP contribution in [0.2, 0.25) is 29.7 Å². The fourth-order valence-electron chi connectivity index (χ4n) is 15.5. The molecule has 7 aromatic carbocycles. The quantitative estimate of drug-likeness (QED) is 0.0221. The Morgan fingerprint density at radius 3 is 1.30 bits per heavy atom. The summed E-state index contributed by atoms with van der Waals surface area (Å²) < 4.78 is 52.5. The van der Waals surface area contributed by atoms with E-state index in [9.17, 15) is 38.4 Å². The predicted octanol–water partition coefficient (Wildman–Crippen LogP) is 18.3. The average molecular weight is 1760 g/mol. The molecule has 7 aromatic rings. The van der Waals surface area contributed by atoms with Crippen molar-refractivity contribution in [2.24, 2.45) is 23.7 Å². The number of ketones is 4. The highest BCUT2D eigenvalue weighted by Gasteiger charge is 2.55. The van der Waals surface area contributed by atoms with Crippen LogP contribution in [0.1, 0.15) is 163 Å². The Kier molecular flexibility index (Phi) is 35.2. The summed E-state index contributed by atoms with van der Waals surface area (Å²) in [4.78, 5) is 98.3. The predicted molar refractivity (Wildman–Crippen MR) is 503 cm³/mol. The van der Waals surface area contributed by atoms with E-state index in [1.807, 2.05) is 107 Å². The highest BCUT2D eigenvalue weighted by atomic mass is 32.2. The number of benzene rings is 7. The number of hydrogen-bond acceptors (Lipinski definition) is 18. The molecule has 11 rings (SSSR count). The van der Waals surface area contributed by atoms with Gasteiger partial charge in [-0.25, -0.2) is 9.59 Å². The van der Waals surface area contributed by atoms with Crippen molar-refractivity contribution in [3.05, 3.63) is 238 Å². The molecule has 0 aliphatic heterocycles. The van der Waals surface area contributed by atoms with Crippen LogP contribution in [0.25, 0.3) is 18.2 Å². The molecule has 0 aromatic heterocycles. The van der Waals surface area contributed by atoms with E-state index in [-0.39, 0.29) is 99.0 Å². The van der Waals surface area contributed by atoms with Crippen molar-refractivity contribution < 1.29 is 85.2 Å². The minimum Gasteiger partial charge on any atom is -0.497 e. The van der Waals surface area contributed by atoms with Gasteiger partial charge in [-0.3, -0.25) is 28.8 Å². The number of alkyl carbamates (subject to hydrolysis) is 1. The van der Waals surface area contributed by atoms with Crippen molar-refractivity contribution in [1.29, 1.82) is 0 Å². The first-order valence-corrected chi connectivity index (χ1v) is 50.9. The zero-order chi connectivity index (χ0) is 91.4. The summed E-state index contributed by atoms with van der Waals surface area (Å²) in [5.41, 5.74) is 7.05. The van der Waals surface area contributed by atoms with E-state index in [0.717, 1.165) is 56.0 Å². The van der Waals surface area contributed by atoms with E-state index in [0.29, 0.717) is 37.0 Å². The number of carbonyl (C=O) groups excluding carboxylic acids is 7. The number of hydrogen-bond donors (Lipinski definition) is 2. The lowest BCUT2D eigenvalue weighted by atomic mass is 10.0. The van der Waals surface area contributed by atoms with Gasteiger partial charge in [0.05, 0.1) is 59.6 Å². The number of allylic oxidation sites excluding steroid dienone is 1. The first kappa shape index (κ1) is 99.6. The van der Waals surface area contributed by atoms with Gasteiger partial charge in [-0.2, -0.15) is 11.8 Å². The van der Waals surface area contributed by atoms with Gasteiger partial charge in [-0.15, -0.1) is 0 Å². The second kappa shape index (κ2) is 43.8. The molecule has 4 fully saturated rings. The molecule has 23 heteroatoms. The van der Waals surface area contributed by atoms with Gasteiger partial charge in [0, 0.05) is 64.9 Å². The summed E-state index contributed by atoms with van der Waals surface area (Å²) in [6.45, 7) is 39.5. The van der Waals surface area contributed by atoms with Crippen molar-refractivity contribution in [3.8, 4) is 17.2 Å². The molecule has 0 spiro atoms. The Balaban J connectivity index is 0.000000207. The topological polar surface area (TPSA) is 252 Å². The second-order valence-electron chi connectivity index (χ2n) is 36.5. The van der Waals surface area contributed by atoms with Gasteiger partial charge in [-0.05, 0) is 185 Å². The van der Waals surface area contributed by atoms with Gasteiger partial charge >= 0.3 is 24.0 Å². The lowest BCUT2D eigenvalue weighted by Gasteiger charge is -2.45. The summed E-state index contributed by atoms with van der Waals surface area (Å²) >= 11 is 1.45. The van der Waals surface area contributed by atoms with Crippen LogP contribution in [0.15, 0.2) is 210 Å². The van der Waals surface area contributed by atoms with Gasteiger partial charge in [0.2, 0.25) is 0 Å². The summed E-state index contributed by atoms with van der Waals surface area (Å²) in [6, 6.07) is 60.4. The summed E-state index contributed by atoms with van der Waals surface area (Å²) in [6.07, 6.45) is 6.77. The van der Waals surface area contributed by atoms with Crippen molar-refractivity contribution in [2.75, 3.05) is 34.2 Å². The number of carboxylic acid groups (broad SMARTS) is 1. The molecule has 7 unspecified atom stereocenters. The summed E-state index contributed by atoms with van der Waals surface area (Å²) in [7, 11) is -1.30. The fraction of sp³-hybridized carbons (Fsp3) is 0.426. The Hall–Kier alpha value is -9.86. The van der Waals surface area contributed by atoms with E-state index in [1.54, 1.807) is 60.3 Å². The molecule has 1 amide bonds. The van der Waals surface area contributed by atoms with E-state index in [1.165, 1.54) is 39.6 Å². The molecular weight excluding hydrogens is 1630 g/mol. The number of amides is 1. The third-order valence-electron chi connectivity index (χ3n) is 23.3. The molecule has 4 aliphatic carbocycles.